The lowest BCUT2D eigenvalue weighted by Gasteiger charge is -2.10. The van der Waals surface area contributed by atoms with Crippen LogP contribution in [-0.4, -0.2) is 17.9 Å². The Labute approximate surface area is 200 Å². The summed E-state index contributed by atoms with van der Waals surface area (Å²) < 4.78 is 5.28. The number of benzene rings is 3. The van der Waals surface area contributed by atoms with E-state index < -0.39 is 0 Å². The minimum Gasteiger partial charge on any atom is -0.497 e. The first-order chi connectivity index (χ1) is 16.1. The molecule has 0 aliphatic rings. The van der Waals surface area contributed by atoms with Gasteiger partial charge in [0, 0.05) is 39.0 Å². The van der Waals surface area contributed by atoms with Crippen LogP contribution in [0.25, 0.3) is 16.8 Å². The van der Waals surface area contributed by atoms with E-state index in [1.807, 2.05) is 35.7 Å². The van der Waals surface area contributed by atoms with Crippen molar-refractivity contribution in [1.82, 2.24) is 4.98 Å². The predicted molar refractivity (Wildman–Crippen MR) is 133 cm³/mol. The van der Waals surface area contributed by atoms with E-state index in [1.165, 1.54) is 11.3 Å². The van der Waals surface area contributed by atoms with Crippen molar-refractivity contribution in [2.75, 3.05) is 12.4 Å². The van der Waals surface area contributed by atoms with Gasteiger partial charge in [-0.15, -0.1) is 11.3 Å². The number of carbonyl (C=O) groups excluding carboxylic acids is 1. The number of nitrogens with zero attached hydrogens (tertiary/aromatic N) is 2. The number of carbonyl (C=O) groups is 1. The summed E-state index contributed by atoms with van der Waals surface area (Å²) in [7, 11) is 1.61. The van der Waals surface area contributed by atoms with Gasteiger partial charge in [0.25, 0.3) is 0 Å². The largest absolute Gasteiger partial charge is 0.497 e. The van der Waals surface area contributed by atoms with Crippen molar-refractivity contribution in [3.8, 4) is 23.1 Å². The van der Waals surface area contributed by atoms with Gasteiger partial charge in [-0.3, -0.25) is 4.79 Å². The van der Waals surface area contributed by atoms with Crippen LogP contribution in [-0.2, 0) is 0 Å². The van der Waals surface area contributed by atoms with E-state index in [4.69, 9.17) is 16.3 Å². The molecule has 0 amide bonds. The van der Waals surface area contributed by atoms with Gasteiger partial charge in [-0.05, 0) is 30.3 Å². The molecule has 162 valence electrons. The summed E-state index contributed by atoms with van der Waals surface area (Å²) in [5, 5.41) is 15.7. The first kappa shape index (κ1) is 22.3. The van der Waals surface area contributed by atoms with Crippen molar-refractivity contribution in [3.05, 3.63) is 106 Å². The third-order valence-corrected chi connectivity index (χ3v) is 5.97. The first-order valence-electron chi connectivity index (χ1n) is 9.95. The molecular weight excluding hydrogens is 454 g/mol. The standard InChI is InChI=1S/C26H18ClN3O2S/c1-32-21-9-5-8-18(12-21)24-16-33-26(30-24)19(14-28)15-29-23-11-10-20(27)13-22(23)25(31)17-6-3-2-4-7-17/h2-13,15-16,29H,1H3/b19-15+. The summed E-state index contributed by atoms with van der Waals surface area (Å²) in [4.78, 5) is 17.6. The van der Waals surface area contributed by atoms with E-state index in [0.29, 0.717) is 32.4 Å². The number of ketones is 1. The van der Waals surface area contributed by atoms with E-state index in [9.17, 15) is 10.1 Å². The lowest BCUT2D eigenvalue weighted by atomic mass is 10.0. The maximum absolute atomic E-state index is 13.0. The number of methoxy groups -OCH3 is 1. The Bertz CT molecular complexity index is 1370. The zero-order chi connectivity index (χ0) is 23.2. The molecular formula is C26H18ClN3O2S. The minimum atomic E-state index is -0.165. The topological polar surface area (TPSA) is 75.0 Å². The van der Waals surface area contributed by atoms with Crippen LogP contribution in [0.3, 0.4) is 0 Å². The number of allylic oxidation sites excluding steroid dienone is 1. The van der Waals surface area contributed by atoms with E-state index in [2.05, 4.69) is 16.4 Å². The summed E-state index contributed by atoms with van der Waals surface area (Å²) in [6.07, 6.45) is 1.55. The number of halogens is 1. The summed E-state index contributed by atoms with van der Waals surface area (Å²) >= 11 is 7.52. The number of anilines is 1. The van der Waals surface area contributed by atoms with Crippen LogP contribution >= 0.6 is 22.9 Å². The second kappa shape index (κ2) is 10.1. The molecule has 1 heterocycles. The molecule has 0 fully saturated rings. The zero-order valence-corrected chi connectivity index (χ0v) is 19.2. The highest BCUT2D eigenvalue weighted by Gasteiger charge is 2.15. The Hall–Kier alpha value is -3.92. The van der Waals surface area contributed by atoms with Crippen LogP contribution < -0.4 is 10.1 Å². The number of ether oxygens (including phenoxy) is 1. The molecule has 0 bridgehead atoms. The average Bonchev–Trinajstić information content (AvgIpc) is 3.35. The number of aromatic nitrogens is 1. The summed E-state index contributed by atoms with van der Waals surface area (Å²) in [6.45, 7) is 0. The van der Waals surface area contributed by atoms with Crippen LogP contribution in [0.4, 0.5) is 5.69 Å². The van der Waals surface area contributed by atoms with Gasteiger partial charge in [0.15, 0.2) is 5.78 Å². The van der Waals surface area contributed by atoms with Crippen LogP contribution in [0.2, 0.25) is 5.02 Å². The molecule has 0 saturated carbocycles. The highest BCUT2D eigenvalue weighted by Crippen LogP contribution is 2.29. The van der Waals surface area contributed by atoms with Crippen molar-refractivity contribution in [3.63, 3.8) is 0 Å². The Kier molecular flexibility index (Phi) is 6.84. The molecule has 1 N–H and O–H groups in total. The lowest BCUT2D eigenvalue weighted by Crippen LogP contribution is -2.05. The fraction of sp³-hybridized carbons (Fsp3) is 0.0385. The molecule has 4 aromatic rings. The fourth-order valence-electron chi connectivity index (χ4n) is 3.18. The average molecular weight is 472 g/mol. The second-order valence-corrected chi connectivity index (χ2v) is 8.26. The molecule has 5 nitrogen and oxygen atoms in total. The summed E-state index contributed by atoms with van der Waals surface area (Å²) in [5.41, 5.74) is 3.51. The Morgan fingerprint density at radius 3 is 2.70 bits per heavy atom. The molecule has 4 rings (SSSR count). The molecule has 0 spiro atoms. The molecule has 0 unspecified atom stereocenters. The molecule has 33 heavy (non-hydrogen) atoms. The molecule has 0 saturated heterocycles. The maximum atomic E-state index is 13.0. The molecule has 1 aromatic heterocycles. The monoisotopic (exact) mass is 471 g/mol. The van der Waals surface area contributed by atoms with Crippen molar-refractivity contribution in [2.45, 2.75) is 0 Å². The quantitative estimate of drug-likeness (QED) is 0.240. The highest BCUT2D eigenvalue weighted by atomic mass is 35.5. The van der Waals surface area contributed by atoms with Crippen LogP contribution in [0.15, 0.2) is 84.4 Å². The Morgan fingerprint density at radius 2 is 1.94 bits per heavy atom. The van der Waals surface area contributed by atoms with Crippen LogP contribution in [0.5, 0.6) is 5.75 Å². The van der Waals surface area contributed by atoms with E-state index >= 15 is 0 Å². The predicted octanol–water partition coefficient (Wildman–Crippen LogP) is 6.68. The van der Waals surface area contributed by atoms with E-state index in [-0.39, 0.29) is 5.78 Å². The third-order valence-electron chi connectivity index (χ3n) is 4.85. The molecule has 0 aliphatic heterocycles. The normalized spacial score (nSPS) is 11.0. The van der Waals surface area contributed by atoms with Crippen LogP contribution in [0.1, 0.15) is 20.9 Å². The number of nitriles is 1. The van der Waals surface area contributed by atoms with E-state index in [1.54, 1.807) is 55.8 Å². The number of rotatable bonds is 7. The van der Waals surface area contributed by atoms with Gasteiger partial charge < -0.3 is 10.1 Å². The SMILES string of the molecule is COc1cccc(-c2csc(/C(C#N)=C/Nc3ccc(Cl)cc3C(=O)c3ccccc3)n2)c1. The lowest BCUT2D eigenvalue weighted by molar-refractivity contribution is 0.103. The Morgan fingerprint density at radius 1 is 1.12 bits per heavy atom. The summed E-state index contributed by atoms with van der Waals surface area (Å²) in [5.74, 6) is 0.570. The van der Waals surface area contributed by atoms with E-state index in [0.717, 1.165) is 17.0 Å². The molecule has 7 heteroatoms. The smallest absolute Gasteiger partial charge is 0.195 e. The third kappa shape index (κ3) is 5.12. The van der Waals surface area contributed by atoms with Crippen molar-refractivity contribution in [1.29, 1.82) is 5.26 Å². The summed E-state index contributed by atoms with van der Waals surface area (Å²) in [6, 6.07) is 23.7. The molecule has 0 aliphatic carbocycles. The van der Waals surface area contributed by atoms with Crippen LogP contribution in [0, 0.1) is 11.3 Å². The van der Waals surface area contributed by atoms with Gasteiger partial charge in [0.1, 0.15) is 22.4 Å². The Balaban J connectivity index is 1.62. The molecule has 0 radical (unpaired) electrons. The molecule has 3 aromatic carbocycles. The number of hydrogen-bond donors (Lipinski definition) is 1. The molecule has 0 atom stereocenters. The van der Waals surface area contributed by atoms with Crippen molar-refractivity contribution < 1.29 is 9.53 Å². The van der Waals surface area contributed by atoms with Gasteiger partial charge >= 0.3 is 0 Å². The highest BCUT2D eigenvalue weighted by molar-refractivity contribution is 7.11. The number of hydrogen-bond acceptors (Lipinski definition) is 6. The van der Waals surface area contributed by atoms with Gasteiger partial charge in [-0.2, -0.15) is 5.26 Å². The fourth-order valence-corrected chi connectivity index (χ4v) is 4.15. The number of nitrogens with one attached hydrogen (secondary N) is 1. The van der Waals surface area contributed by atoms with Gasteiger partial charge in [-0.1, -0.05) is 54.1 Å². The maximum Gasteiger partial charge on any atom is 0.195 e. The minimum absolute atomic E-state index is 0.165. The van der Waals surface area contributed by atoms with Gasteiger partial charge in [0.05, 0.1) is 12.8 Å². The van der Waals surface area contributed by atoms with Gasteiger partial charge in [0.2, 0.25) is 0 Å². The number of thiazole rings is 1. The van der Waals surface area contributed by atoms with Crippen molar-refractivity contribution in [2.24, 2.45) is 0 Å². The second-order valence-electron chi connectivity index (χ2n) is 6.97. The van der Waals surface area contributed by atoms with Gasteiger partial charge in [-0.25, -0.2) is 4.98 Å². The first-order valence-corrected chi connectivity index (χ1v) is 11.2. The van der Waals surface area contributed by atoms with Crippen molar-refractivity contribution >= 4 is 40.0 Å². The zero-order valence-electron chi connectivity index (χ0n) is 17.6.